The van der Waals surface area contributed by atoms with Crippen molar-refractivity contribution in [3.63, 3.8) is 0 Å². The van der Waals surface area contributed by atoms with Crippen molar-refractivity contribution in [2.24, 2.45) is 11.8 Å². The highest BCUT2D eigenvalue weighted by atomic mass is 19.1. The number of Topliss-reactive ketones (excluding diaryl/α,β-unsaturated/α-hetero) is 1. The summed E-state index contributed by atoms with van der Waals surface area (Å²) in [5, 5.41) is 0. The van der Waals surface area contributed by atoms with Crippen LogP contribution in [0.4, 0.5) is 4.39 Å². The maximum Gasteiger partial charge on any atom is 0.213 e. The van der Waals surface area contributed by atoms with Gasteiger partial charge in [-0.1, -0.05) is 12.1 Å². The smallest absolute Gasteiger partial charge is 0.213 e. The van der Waals surface area contributed by atoms with E-state index >= 15 is 0 Å². The molecule has 1 aromatic carbocycles. The monoisotopic (exact) mass is 425 g/mol. The highest BCUT2D eigenvalue weighted by Gasteiger charge is 2.33. The number of methoxy groups -OCH3 is 1. The molecule has 0 bridgehead atoms. The first-order valence-corrected chi connectivity index (χ1v) is 11.4. The summed E-state index contributed by atoms with van der Waals surface area (Å²) in [6.45, 7) is 2.36. The highest BCUT2D eigenvalue weighted by molar-refractivity contribution is 5.76. The Labute approximate surface area is 184 Å². The number of benzene rings is 1. The number of hydrogen-bond acceptors (Lipinski definition) is 4. The summed E-state index contributed by atoms with van der Waals surface area (Å²) in [5.74, 6) is 3.02. The van der Waals surface area contributed by atoms with E-state index < -0.39 is 0 Å². The minimum Gasteiger partial charge on any atom is -0.493 e. The molecule has 1 heterocycles. The van der Waals surface area contributed by atoms with Crippen molar-refractivity contribution in [2.45, 2.75) is 63.7 Å². The minimum atomic E-state index is -0.243. The van der Waals surface area contributed by atoms with Crippen LogP contribution in [0, 0.1) is 17.7 Å². The second-order valence-corrected chi connectivity index (χ2v) is 9.20. The van der Waals surface area contributed by atoms with Gasteiger partial charge in [0.05, 0.1) is 19.9 Å². The van der Waals surface area contributed by atoms with Crippen LogP contribution in [0.15, 0.2) is 36.5 Å². The molecule has 4 nitrogen and oxygen atoms in total. The molecular formula is C26H32FNO3. The van der Waals surface area contributed by atoms with Gasteiger partial charge in [0.25, 0.3) is 0 Å². The van der Waals surface area contributed by atoms with Crippen molar-refractivity contribution < 1.29 is 18.7 Å². The van der Waals surface area contributed by atoms with Gasteiger partial charge in [-0.3, -0.25) is 0 Å². The molecule has 0 aliphatic heterocycles. The SMILES string of the molecule is COc1cc(C2CCC(COc3cccc([C@@H](CC(C)=O)C4CC4)c3)CC2)c(F)cn1. The molecule has 1 atom stereocenters. The van der Waals surface area contributed by atoms with Crippen LogP contribution in [0.2, 0.25) is 0 Å². The number of ketones is 1. The van der Waals surface area contributed by atoms with Crippen LogP contribution in [0.25, 0.3) is 0 Å². The fourth-order valence-corrected chi connectivity index (χ4v) is 4.91. The number of halogens is 1. The molecule has 166 valence electrons. The Morgan fingerprint density at radius 2 is 1.94 bits per heavy atom. The molecule has 0 spiro atoms. The molecule has 2 saturated carbocycles. The predicted octanol–water partition coefficient (Wildman–Crippen LogP) is 6.05. The lowest BCUT2D eigenvalue weighted by molar-refractivity contribution is -0.117. The fraction of sp³-hybridized carbons (Fsp3) is 0.538. The Hall–Kier alpha value is -2.43. The third-order valence-electron chi connectivity index (χ3n) is 6.83. The third-order valence-corrected chi connectivity index (χ3v) is 6.83. The van der Waals surface area contributed by atoms with Gasteiger partial charge in [0.2, 0.25) is 5.88 Å². The minimum absolute atomic E-state index is 0.211. The van der Waals surface area contributed by atoms with Crippen molar-refractivity contribution >= 4 is 5.78 Å². The number of carbonyl (C=O) groups excluding carboxylic acids is 1. The Kier molecular flexibility index (Phi) is 6.89. The molecule has 31 heavy (non-hydrogen) atoms. The van der Waals surface area contributed by atoms with Gasteiger partial charge in [-0.15, -0.1) is 0 Å². The van der Waals surface area contributed by atoms with E-state index in [1.807, 2.05) is 12.1 Å². The molecule has 0 N–H and O–H groups in total. The van der Waals surface area contributed by atoms with E-state index in [0.717, 1.165) is 37.0 Å². The third kappa shape index (κ3) is 5.63. The Morgan fingerprint density at radius 3 is 2.61 bits per heavy atom. The van der Waals surface area contributed by atoms with Crippen LogP contribution in [0.5, 0.6) is 11.6 Å². The van der Waals surface area contributed by atoms with Gasteiger partial charge in [-0.25, -0.2) is 9.37 Å². The van der Waals surface area contributed by atoms with E-state index in [2.05, 4.69) is 17.1 Å². The number of pyridine rings is 1. The first kappa shape index (κ1) is 21.8. The summed E-state index contributed by atoms with van der Waals surface area (Å²) < 4.78 is 25.5. The Bertz CT molecular complexity index is 903. The van der Waals surface area contributed by atoms with Gasteiger partial charge in [-0.05, 0) is 92.4 Å². The Balaban J connectivity index is 1.31. The first-order chi connectivity index (χ1) is 15.0. The van der Waals surface area contributed by atoms with Crippen molar-refractivity contribution in [1.29, 1.82) is 0 Å². The van der Waals surface area contributed by atoms with E-state index in [9.17, 15) is 9.18 Å². The number of carbonyl (C=O) groups is 1. The molecule has 2 aliphatic rings. The van der Waals surface area contributed by atoms with Crippen molar-refractivity contribution in [3.05, 3.63) is 53.5 Å². The van der Waals surface area contributed by atoms with Gasteiger partial charge in [0, 0.05) is 12.5 Å². The zero-order valence-corrected chi connectivity index (χ0v) is 18.5. The van der Waals surface area contributed by atoms with E-state index in [1.165, 1.54) is 24.6 Å². The van der Waals surface area contributed by atoms with E-state index in [-0.39, 0.29) is 17.5 Å². The fourth-order valence-electron chi connectivity index (χ4n) is 4.91. The summed E-state index contributed by atoms with van der Waals surface area (Å²) in [4.78, 5) is 15.6. The van der Waals surface area contributed by atoms with Crippen molar-refractivity contribution in [1.82, 2.24) is 4.98 Å². The van der Waals surface area contributed by atoms with E-state index in [4.69, 9.17) is 9.47 Å². The second-order valence-electron chi connectivity index (χ2n) is 9.20. The maximum absolute atomic E-state index is 14.2. The van der Waals surface area contributed by atoms with Crippen molar-refractivity contribution in [2.75, 3.05) is 13.7 Å². The van der Waals surface area contributed by atoms with Crippen LogP contribution < -0.4 is 9.47 Å². The molecule has 2 aliphatic carbocycles. The number of ether oxygens (including phenoxy) is 2. The largest absolute Gasteiger partial charge is 0.493 e. The summed E-state index contributed by atoms with van der Waals surface area (Å²) in [6.07, 6.45) is 8.24. The molecule has 0 amide bonds. The van der Waals surface area contributed by atoms with Crippen LogP contribution in [0.3, 0.4) is 0 Å². The van der Waals surface area contributed by atoms with Gasteiger partial charge in [0.1, 0.15) is 17.3 Å². The summed E-state index contributed by atoms with van der Waals surface area (Å²) in [7, 11) is 1.56. The van der Waals surface area contributed by atoms with Crippen molar-refractivity contribution in [3.8, 4) is 11.6 Å². The zero-order valence-electron chi connectivity index (χ0n) is 18.5. The van der Waals surface area contributed by atoms with Gasteiger partial charge in [-0.2, -0.15) is 0 Å². The summed E-state index contributed by atoms with van der Waals surface area (Å²) >= 11 is 0. The average Bonchev–Trinajstić information content (AvgIpc) is 3.62. The lowest BCUT2D eigenvalue weighted by Crippen LogP contribution is -2.20. The molecule has 0 saturated heterocycles. The molecular weight excluding hydrogens is 393 g/mol. The van der Waals surface area contributed by atoms with Crippen LogP contribution in [0.1, 0.15) is 74.8 Å². The lowest BCUT2D eigenvalue weighted by atomic mass is 9.79. The summed E-state index contributed by atoms with van der Waals surface area (Å²) in [5.41, 5.74) is 1.94. The molecule has 5 heteroatoms. The summed E-state index contributed by atoms with van der Waals surface area (Å²) in [6, 6.07) is 10.0. The topological polar surface area (TPSA) is 48.4 Å². The molecule has 1 aromatic heterocycles. The number of rotatable bonds is 9. The zero-order chi connectivity index (χ0) is 21.8. The van der Waals surface area contributed by atoms with Crippen LogP contribution in [-0.2, 0) is 4.79 Å². The van der Waals surface area contributed by atoms with Crippen LogP contribution >= 0.6 is 0 Å². The number of aromatic nitrogens is 1. The highest BCUT2D eigenvalue weighted by Crippen LogP contribution is 2.45. The Morgan fingerprint density at radius 1 is 1.16 bits per heavy atom. The average molecular weight is 426 g/mol. The van der Waals surface area contributed by atoms with E-state index in [0.29, 0.717) is 36.7 Å². The maximum atomic E-state index is 14.2. The van der Waals surface area contributed by atoms with Gasteiger partial charge >= 0.3 is 0 Å². The molecule has 2 aromatic rings. The predicted molar refractivity (Wildman–Crippen MR) is 118 cm³/mol. The normalized spacial score (nSPS) is 22.0. The van der Waals surface area contributed by atoms with Crippen LogP contribution in [-0.4, -0.2) is 24.5 Å². The second kappa shape index (κ2) is 9.80. The quantitative estimate of drug-likeness (QED) is 0.490. The molecule has 2 fully saturated rings. The first-order valence-electron chi connectivity index (χ1n) is 11.4. The number of hydrogen-bond donors (Lipinski definition) is 0. The molecule has 4 rings (SSSR count). The molecule has 0 unspecified atom stereocenters. The lowest BCUT2D eigenvalue weighted by Gasteiger charge is -2.29. The van der Waals surface area contributed by atoms with Gasteiger partial charge in [0.15, 0.2) is 0 Å². The standard InChI is InChI=1S/C26H32FNO3/c1-17(29)12-23(19-10-11-19)21-4-3-5-22(13-21)31-16-18-6-8-20(9-7-18)24-14-26(30-2)28-15-25(24)27/h3-5,13-15,18-20,23H,6-12,16H2,1-2H3/t18?,20?,23-/m0/s1. The van der Waals surface area contributed by atoms with E-state index in [1.54, 1.807) is 20.1 Å². The number of nitrogens with zero attached hydrogens (tertiary/aromatic N) is 1. The molecule has 0 radical (unpaired) electrons. The van der Waals surface area contributed by atoms with Gasteiger partial charge < -0.3 is 14.3 Å².